The zero-order chi connectivity index (χ0) is 18.0. The van der Waals surface area contributed by atoms with Gasteiger partial charge in [-0.2, -0.15) is 4.31 Å². The quantitative estimate of drug-likeness (QED) is 0.759. The van der Waals surface area contributed by atoms with Crippen LogP contribution in [0.4, 0.5) is 0 Å². The summed E-state index contributed by atoms with van der Waals surface area (Å²) in [7, 11) is -0.821. The van der Waals surface area contributed by atoms with Crippen LogP contribution >= 0.6 is 11.6 Å². The molecular formula is C16H17ClN2O5S. The summed E-state index contributed by atoms with van der Waals surface area (Å²) in [5.74, 6) is 0.996. The number of hydrogen-bond donors (Lipinski definition) is 0. The highest BCUT2D eigenvalue weighted by molar-refractivity contribution is 7.89. The molecule has 1 aromatic heterocycles. The third-order valence-corrected chi connectivity index (χ3v) is 5.95. The van der Waals surface area contributed by atoms with Gasteiger partial charge in [0, 0.05) is 12.3 Å². The number of aromatic nitrogens is 1. The van der Waals surface area contributed by atoms with Crippen LogP contribution in [0.3, 0.4) is 0 Å². The number of halogens is 1. The maximum atomic E-state index is 12.8. The van der Waals surface area contributed by atoms with Crippen LogP contribution in [0, 0.1) is 0 Å². The van der Waals surface area contributed by atoms with E-state index in [1.54, 1.807) is 30.5 Å². The van der Waals surface area contributed by atoms with Gasteiger partial charge in [0.05, 0.1) is 27.3 Å². The Balaban J connectivity index is 1.74. The van der Waals surface area contributed by atoms with E-state index in [0.717, 1.165) is 0 Å². The lowest BCUT2D eigenvalue weighted by Gasteiger charge is -2.37. The summed E-state index contributed by atoms with van der Waals surface area (Å²) in [5.41, 5.74) is 0. The van der Waals surface area contributed by atoms with Crippen molar-refractivity contribution < 1.29 is 22.6 Å². The Hall–Kier alpha value is -2.03. The fourth-order valence-corrected chi connectivity index (χ4v) is 4.25. The molecule has 1 fully saturated rings. The minimum absolute atomic E-state index is 0.0590. The van der Waals surface area contributed by atoms with Crippen molar-refractivity contribution in [2.75, 3.05) is 27.3 Å². The molecule has 7 nitrogen and oxygen atoms in total. The van der Waals surface area contributed by atoms with E-state index < -0.39 is 10.0 Å². The van der Waals surface area contributed by atoms with E-state index in [4.69, 9.17) is 25.8 Å². The summed E-state index contributed by atoms with van der Waals surface area (Å²) in [4.78, 5) is 4.10. The van der Waals surface area contributed by atoms with Gasteiger partial charge in [-0.1, -0.05) is 11.6 Å². The molecule has 0 radical (unpaired) electrons. The second kappa shape index (κ2) is 7.07. The van der Waals surface area contributed by atoms with Crippen LogP contribution in [0.1, 0.15) is 0 Å². The normalized spacial score (nSPS) is 15.5. The molecule has 0 saturated carbocycles. The predicted molar refractivity (Wildman–Crippen MR) is 92.0 cm³/mol. The van der Waals surface area contributed by atoms with Crippen molar-refractivity contribution in [2.45, 2.75) is 11.0 Å². The Morgan fingerprint density at radius 3 is 2.60 bits per heavy atom. The molecule has 2 aromatic rings. The zero-order valence-electron chi connectivity index (χ0n) is 13.7. The van der Waals surface area contributed by atoms with Gasteiger partial charge in [0.25, 0.3) is 0 Å². The van der Waals surface area contributed by atoms with Crippen LogP contribution in [-0.2, 0) is 10.0 Å². The summed E-state index contributed by atoms with van der Waals surface area (Å²) in [6.45, 7) is 0.408. The summed E-state index contributed by atoms with van der Waals surface area (Å²) in [6.07, 6.45) is 1.26. The molecule has 0 amide bonds. The van der Waals surface area contributed by atoms with Crippen molar-refractivity contribution in [3.05, 3.63) is 41.6 Å². The molecule has 0 spiro atoms. The summed E-state index contributed by atoms with van der Waals surface area (Å²) in [5, 5.41) is 0.387. The largest absolute Gasteiger partial charge is 0.497 e. The van der Waals surface area contributed by atoms with Gasteiger partial charge in [-0.05, 0) is 24.3 Å². The molecular weight excluding hydrogens is 368 g/mol. The van der Waals surface area contributed by atoms with Crippen LogP contribution in [0.15, 0.2) is 41.4 Å². The maximum Gasteiger partial charge on any atom is 0.247 e. The Kier molecular flexibility index (Phi) is 5.03. The Labute approximate surface area is 151 Å². The van der Waals surface area contributed by atoms with E-state index in [1.165, 1.54) is 24.6 Å². The minimum atomic E-state index is -3.72. The second-order valence-corrected chi connectivity index (χ2v) is 7.68. The topological polar surface area (TPSA) is 78.0 Å². The molecule has 25 heavy (non-hydrogen) atoms. The molecule has 0 bridgehead atoms. The first-order valence-corrected chi connectivity index (χ1v) is 9.27. The summed E-state index contributed by atoms with van der Waals surface area (Å²) < 4.78 is 42.9. The standard InChI is InChI=1S/C16H17ClN2O5S/c1-22-11-5-6-14(23-2)15(8-11)25(20,21)19-9-12(10-19)24-16-13(17)4-3-7-18-16/h3-8,12H,9-10H2,1-2H3. The molecule has 0 unspecified atom stereocenters. The molecule has 1 saturated heterocycles. The number of pyridine rings is 1. The fraction of sp³-hybridized carbons (Fsp3) is 0.312. The molecule has 2 heterocycles. The van der Waals surface area contributed by atoms with Crippen molar-refractivity contribution in [3.8, 4) is 17.4 Å². The highest BCUT2D eigenvalue weighted by atomic mass is 35.5. The lowest BCUT2D eigenvalue weighted by molar-refractivity contribution is 0.0720. The number of sulfonamides is 1. The van der Waals surface area contributed by atoms with E-state index in [1.807, 2.05) is 0 Å². The number of methoxy groups -OCH3 is 2. The lowest BCUT2D eigenvalue weighted by Crippen LogP contribution is -2.56. The smallest absolute Gasteiger partial charge is 0.247 e. The molecule has 9 heteroatoms. The van der Waals surface area contributed by atoms with Gasteiger partial charge in [0.1, 0.15) is 27.5 Å². The molecule has 1 aliphatic heterocycles. The van der Waals surface area contributed by atoms with Gasteiger partial charge in [0.2, 0.25) is 15.9 Å². The Bertz CT molecular complexity index is 869. The number of hydrogen-bond acceptors (Lipinski definition) is 6. The van der Waals surface area contributed by atoms with E-state index in [9.17, 15) is 8.42 Å². The monoisotopic (exact) mass is 384 g/mol. The predicted octanol–water partition coefficient (Wildman–Crippen LogP) is 2.20. The third-order valence-electron chi connectivity index (χ3n) is 3.81. The second-order valence-electron chi connectivity index (χ2n) is 5.37. The highest BCUT2D eigenvalue weighted by Crippen LogP contribution is 2.33. The molecule has 0 N–H and O–H groups in total. The molecule has 1 aromatic carbocycles. The average Bonchev–Trinajstić information content (AvgIpc) is 2.58. The van der Waals surface area contributed by atoms with Gasteiger partial charge >= 0.3 is 0 Å². The van der Waals surface area contributed by atoms with E-state index in [0.29, 0.717) is 16.7 Å². The Morgan fingerprint density at radius 1 is 1.20 bits per heavy atom. The number of benzene rings is 1. The molecule has 0 atom stereocenters. The van der Waals surface area contributed by atoms with Crippen molar-refractivity contribution in [2.24, 2.45) is 0 Å². The van der Waals surface area contributed by atoms with E-state index in [-0.39, 0.29) is 29.8 Å². The van der Waals surface area contributed by atoms with Crippen molar-refractivity contribution in [3.63, 3.8) is 0 Å². The number of nitrogens with zero attached hydrogens (tertiary/aromatic N) is 2. The van der Waals surface area contributed by atoms with Crippen LogP contribution < -0.4 is 14.2 Å². The van der Waals surface area contributed by atoms with Crippen molar-refractivity contribution >= 4 is 21.6 Å². The van der Waals surface area contributed by atoms with E-state index in [2.05, 4.69) is 4.98 Å². The van der Waals surface area contributed by atoms with Gasteiger partial charge in [0.15, 0.2) is 0 Å². The SMILES string of the molecule is COc1ccc(OC)c(S(=O)(=O)N2CC(Oc3ncccc3Cl)C2)c1. The van der Waals surface area contributed by atoms with Gasteiger partial charge in [-0.15, -0.1) is 0 Å². The number of rotatable bonds is 6. The summed E-state index contributed by atoms with van der Waals surface area (Å²) >= 11 is 5.99. The summed E-state index contributed by atoms with van der Waals surface area (Å²) in [6, 6.07) is 8.01. The number of ether oxygens (including phenoxy) is 3. The third kappa shape index (κ3) is 3.51. The van der Waals surface area contributed by atoms with Crippen LogP contribution in [0.2, 0.25) is 5.02 Å². The van der Waals surface area contributed by atoms with Crippen LogP contribution in [-0.4, -0.2) is 51.1 Å². The first-order valence-electron chi connectivity index (χ1n) is 7.45. The fourth-order valence-electron chi connectivity index (χ4n) is 2.41. The first-order chi connectivity index (χ1) is 12.0. The van der Waals surface area contributed by atoms with E-state index >= 15 is 0 Å². The van der Waals surface area contributed by atoms with Crippen molar-refractivity contribution in [1.29, 1.82) is 0 Å². The van der Waals surface area contributed by atoms with Gasteiger partial charge in [-0.25, -0.2) is 13.4 Å². The molecule has 0 aliphatic carbocycles. The van der Waals surface area contributed by atoms with Gasteiger partial charge in [-0.3, -0.25) is 0 Å². The maximum absolute atomic E-state index is 12.8. The van der Waals surface area contributed by atoms with Crippen molar-refractivity contribution in [1.82, 2.24) is 9.29 Å². The van der Waals surface area contributed by atoms with Gasteiger partial charge < -0.3 is 14.2 Å². The highest BCUT2D eigenvalue weighted by Gasteiger charge is 2.40. The minimum Gasteiger partial charge on any atom is -0.497 e. The molecule has 1 aliphatic rings. The Morgan fingerprint density at radius 2 is 1.96 bits per heavy atom. The average molecular weight is 385 g/mol. The lowest BCUT2D eigenvalue weighted by atomic mass is 10.2. The van der Waals surface area contributed by atoms with Crippen LogP contribution in [0.5, 0.6) is 17.4 Å². The molecule has 134 valence electrons. The zero-order valence-corrected chi connectivity index (χ0v) is 15.2. The first kappa shape index (κ1) is 17.8. The van der Waals surface area contributed by atoms with Crippen LogP contribution in [0.25, 0.3) is 0 Å². The molecule has 3 rings (SSSR count).